The molecular weight excluding hydrogens is 673 g/mol. The lowest BCUT2D eigenvalue weighted by Crippen LogP contribution is -2.59. The molecule has 12 heteroatoms. The van der Waals surface area contributed by atoms with Crippen LogP contribution in [0.2, 0.25) is 10.0 Å². The van der Waals surface area contributed by atoms with E-state index in [4.69, 9.17) is 32.9 Å². The summed E-state index contributed by atoms with van der Waals surface area (Å²) < 4.78 is 7.78. The predicted molar refractivity (Wildman–Crippen MR) is 197 cm³/mol. The maximum atomic E-state index is 11.5. The van der Waals surface area contributed by atoms with Gasteiger partial charge in [0.25, 0.3) is 0 Å². The molecule has 5 aromatic rings. The van der Waals surface area contributed by atoms with Crippen molar-refractivity contribution in [3.05, 3.63) is 88.2 Å². The van der Waals surface area contributed by atoms with Crippen LogP contribution < -0.4 is 20.7 Å². The topological polar surface area (TPSA) is 113 Å². The highest BCUT2D eigenvalue weighted by Crippen LogP contribution is 2.42. The molecule has 2 saturated heterocycles. The van der Waals surface area contributed by atoms with Crippen LogP contribution in [0, 0.1) is 0 Å². The molecular formula is C38H39Cl2N7O3. The summed E-state index contributed by atoms with van der Waals surface area (Å²) in [5.74, 6) is 0.942. The number of likely N-dealkylation sites (tertiary alicyclic amines) is 1. The SMILES string of the molecule is COc1cc(-c2nccc(-c3cccc(-c4ccc5c(CNC6CN(C(C)=O)C6)cn(C)c5n4)c3Cl)c2Cl)ccc1CNCC1CCC(=O)N1. The summed E-state index contributed by atoms with van der Waals surface area (Å²) in [6, 6.07) is 18.3. The molecule has 2 aromatic carbocycles. The number of rotatable bonds is 11. The minimum atomic E-state index is 0.107. The third kappa shape index (κ3) is 6.81. The van der Waals surface area contributed by atoms with E-state index < -0.39 is 0 Å². The number of nitrogens with one attached hydrogen (secondary N) is 3. The Morgan fingerprint density at radius 3 is 2.58 bits per heavy atom. The highest BCUT2D eigenvalue weighted by molar-refractivity contribution is 6.39. The monoisotopic (exact) mass is 711 g/mol. The first-order chi connectivity index (χ1) is 24.2. The minimum absolute atomic E-state index is 0.107. The van der Waals surface area contributed by atoms with Gasteiger partial charge >= 0.3 is 0 Å². The molecule has 5 heterocycles. The third-order valence-electron chi connectivity index (χ3n) is 9.62. The second kappa shape index (κ2) is 14.4. The number of aryl methyl sites for hydroxylation is 1. The smallest absolute Gasteiger partial charge is 0.220 e. The fourth-order valence-corrected chi connectivity index (χ4v) is 7.43. The van der Waals surface area contributed by atoms with Gasteiger partial charge < -0.3 is 30.2 Å². The number of halogens is 2. The average Bonchev–Trinajstić information content (AvgIpc) is 3.65. The van der Waals surface area contributed by atoms with E-state index in [0.717, 1.165) is 75.4 Å². The molecule has 2 amide bonds. The highest BCUT2D eigenvalue weighted by atomic mass is 35.5. The van der Waals surface area contributed by atoms with Crippen LogP contribution in [0.1, 0.15) is 30.9 Å². The van der Waals surface area contributed by atoms with E-state index in [9.17, 15) is 9.59 Å². The van der Waals surface area contributed by atoms with E-state index in [2.05, 4.69) is 33.2 Å². The number of nitrogens with zero attached hydrogens (tertiary/aromatic N) is 4. The van der Waals surface area contributed by atoms with Crippen molar-refractivity contribution in [2.45, 2.75) is 44.9 Å². The summed E-state index contributed by atoms with van der Waals surface area (Å²) in [5, 5.41) is 12.1. The van der Waals surface area contributed by atoms with Crippen LogP contribution in [0.25, 0.3) is 44.7 Å². The number of pyridine rings is 2. The molecule has 50 heavy (non-hydrogen) atoms. The van der Waals surface area contributed by atoms with Crippen LogP contribution in [0.3, 0.4) is 0 Å². The molecule has 2 aliphatic heterocycles. The van der Waals surface area contributed by atoms with Gasteiger partial charge in [-0.2, -0.15) is 0 Å². The number of methoxy groups -OCH3 is 1. The molecule has 0 saturated carbocycles. The van der Waals surface area contributed by atoms with Gasteiger partial charge in [-0.3, -0.25) is 14.6 Å². The molecule has 10 nitrogen and oxygen atoms in total. The van der Waals surface area contributed by atoms with Gasteiger partial charge in [-0.05, 0) is 36.2 Å². The van der Waals surface area contributed by atoms with Gasteiger partial charge in [0, 0.05) is 111 Å². The van der Waals surface area contributed by atoms with Gasteiger partial charge in [0.05, 0.1) is 28.5 Å². The van der Waals surface area contributed by atoms with Gasteiger partial charge in [-0.25, -0.2) is 4.98 Å². The minimum Gasteiger partial charge on any atom is -0.496 e. The first-order valence-corrected chi connectivity index (χ1v) is 17.5. The second-order valence-electron chi connectivity index (χ2n) is 13.0. The number of fused-ring (bicyclic) bond motifs is 1. The Labute approximate surface area is 301 Å². The fourth-order valence-electron chi connectivity index (χ4n) is 6.78. The molecule has 0 aliphatic carbocycles. The zero-order valence-corrected chi connectivity index (χ0v) is 29.7. The van der Waals surface area contributed by atoms with Gasteiger partial charge in [0.1, 0.15) is 11.4 Å². The van der Waals surface area contributed by atoms with Crippen molar-refractivity contribution < 1.29 is 14.3 Å². The summed E-state index contributed by atoms with van der Waals surface area (Å²) in [5.41, 5.74) is 7.56. The molecule has 2 fully saturated rings. The fraction of sp³-hybridized carbons (Fsp3) is 0.316. The van der Waals surface area contributed by atoms with E-state index in [-0.39, 0.29) is 17.9 Å². The Balaban J connectivity index is 1.11. The van der Waals surface area contributed by atoms with Crippen LogP contribution in [-0.4, -0.2) is 70.1 Å². The first-order valence-electron chi connectivity index (χ1n) is 16.7. The van der Waals surface area contributed by atoms with Crippen molar-refractivity contribution in [3.8, 4) is 39.4 Å². The Morgan fingerprint density at radius 1 is 1.02 bits per heavy atom. The summed E-state index contributed by atoms with van der Waals surface area (Å²) in [4.78, 5) is 34.6. The Bertz CT molecular complexity index is 2090. The molecule has 0 bridgehead atoms. The van der Waals surface area contributed by atoms with Crippen LogP contribution in [0.15, 0.2) is 67.0 Å². The summed E-state index contributed by atoms with van der Waals surface area (Å²) >= 11 is 14.2. The van der Waals surface area contributed by atoms with Gasteiger partial charge in [-0.1, -0.05) is 53.5 Å². The van der Waals surface area contributed by atoms with Gasteiger partial charge in [-0.15, -0.1) is 0 Å². The zero-order chi connectivity index (χ0) is 34.9. The molecule has 0 spiro atoms. The van der Waals surface area contributed by atoms with Crippen LogP contribution in [0.5, 0.6) is 5.75 Å². The quantitative estimate of drug-likeness (QED) is 0.155. The standard InChI is InChI=1S/C38H39Cl2N7O3/c1-22(48)47-20-27(21-47)43-17-25-19-46(2)38-28(25)10-11-32(45-38)31-6-4-5-29(35(31)39)30-13-14-42-37(36(30)40)23-7-8-24(33(15-23)50-3)16-41-18-26-9-12-34(49)44-26/h4-8,10-11,13-15,19,26-27,41,43H,9,12,16-18,20-21H2,1-3H3,(H,44,49). The Hall–Kier alpha value is -4.48. The number of aromatic nitrogens is 3. The first kappa shape index (κ1) is 34.0. The summed E-state index contributed by atoms with van der Waals surface area (Å²) in [7, 11) is 3.64. The molecule has 2 aliphatic rings. The molecule has 0 radical (unpaired) electrons. The van der Waals surface area contributed by atoms with E-state index in [1.165, 1.54) is 0 Å². The number of benzene rings is 2. The number of carbonyl (C=O) groups is 2. The number of hydrogen-bond acceptors (Lipinski definition) is 7. The van der Waals surface area contributed by atoms with E-state index >= 15 is 0 Å². The number of hydrogen-bond donors (Lipinski definition) is 3. The largest absolute Gasteiger partial charge is 0.496 e. The number of carbonyl (C=O) groups excluding carboxylic acids is 2. The highest BCUT2D eigenvalue weighted by Gasteiger charge is 2.28. The zero-order valence-electron chi connectivity index (χ0n) is 28.2. The molecule has 3 N–H and O–H groups in total. The lowest BCUT2D eigenvalue weighted by atomic mass is 9.99. The Morgan fingerprint density at radius 2 is 1.82 bits per heavy atom. The molecule has 1 atom stereocenters. The summed E-state index contributed by atoms with van der Waals surface area (Å²) in [6.45, 7) is 5.07. The maximum Gasteiger partial charge on any atom is 0.220 e. The van der Waals surface area contributed by atoms with E-state index in [1.54, 1.807) is 20.2 Å². The average molecular weight is 713 g/mol. The lowest BCUT2D eigenvalue weighted by Gasteiger charge is -2.39. The van der Waals surface area contributed by atoms with Crippen LogP contribution in [-0.2, 0) is 29.7 Å². The maximum absolute atomic E-state index is 11.5. The number of ether oxygens (including phenoxy) is 1. The molecule has 1 unspecified atom stereocenters. The molecule has 3 aromatic heterocycles. The van der Waals surface area contributed by atoms with Crippen molar-refractivity contribution in [1.29, 1.82) is 0 Å². The predicted octanol–water partition coefficient (Wildman–Crippen LogP) is 5.97. The summed E-state index contributed by atoms with van der Waals surface area (Å²) in [6.07, 6.45) is 5.26. The second-order valence-corrected chi connectivity index (χ2v) is 13.7. The normalized spacial score (nSPS) is 16.1. The van der Waals surface area contributed by atoms with Gasteiger partial charge in [0.2, 0.25) is 11.8 Å². The van der Waals surface area contributed by atoms with Crippen molar-refractivity contribution in [2.24, 2.45) is 7.05 Å². The molecule has 258 valence electrons. The van der Waals surface area contributed by atoms with Crippen LogP contribution in [0.4, 0.5) is 0 Å². The number of amides is 2. The van der Waals surface area contributed by atoms with Crippen molar-refractivity contribution in [3.63, 3.8) is 0 Å². The van der Waals surface area contributed by atoms with E-state index in [1.807, 2.05) is 65.0 Å². The van der Waals surface area contributed by atoms with Crippen molar-refractivity contribution in [2.75, 3.05) is 26.7 Å². The van der Waals surface area contributed by atoms with E-state index in [0.29, 0.717) is 47.8 Å². The van der Waals surface area contributed by atoms with Crippen LogP contribution >= 0.6 is 23.2 Å². The molecule has 7 rings (SSSR count). The lowest BCUT2D eigenvalue weighted by molar-refractivity contribution is -0.133. The van der Waals surface area contributed by atoms with Crippen molar-refractivity contribution >= 4 is 46.0 Å². The van der Waals surface area contributed by atoms with Gasteiger partial charge in [0.15, 0.2) is 0 Å². The van der Waals surface area contributed by atoms with Crippen molar-refractivity contribution in [1.82, 2.24) is 35.4 Å². The Kier molecular flexibility index (Phi) is 9.79. The third-order valence-corrected chi connectivity index (χ3v) is 10.4.